The average Bonchev–Trinajstić information content (AvgIpc) is 2.28. The largest absolute Gasteiger partial charge is 0.366 e. The molecular formula is C10H15N3O2. The normalized spacial score (nSPS) is 14.3. The van der Waals surface area contributed by atoms with E-state index in [0.717, 1.165) is 12.8 Å². The zero-order chi connectivity index (χ0) is 11.1. The minimum Gasteiger partial charge on any atom is -0.366 e. The smallest absolute Gasteiger partial charge is 0.181 e. The number of aromatic nitrogens is 1. The molecule has 0 aliphatic heterocycles. The molecule has 0 aliphatic carbocycles. The molecule has 0 spiro atoms. The molecule has 5 nitrogen and oxygen atoms in total. The molecular weight excluding hydrogens is 194 g/mol. The highest BCUT2D eigenvalue weighted by molar-refractivity contribution is 5.16. The summed E-state index contributed by atoms with van der Waals surface area (Å²) in [4.78, 5) is 14.1. The summed E-state index contributed by atoms with van der Waals surface area (Å²) in [7, 11) is 0. The van der Waals surface area contributed by atoms with E-state index in [4.69, 9.17) is 0 Å². The van der Waals surface area contributed by atoms with Crippen molar-refractivity contribution < 1.29 is 5.11 Å². The van der Waals surface area contributed by atoms with Crippen LogP contribution < -0.4 is 5.43 Å². The van der Waals surface area contributed by atoms with Gasteiger partial charge < -0.3 is 5.11 Å². The molecule has 5 heteroatoms. The van der Waals surface area contributed by atoms with Gasteiger partial charge in [0.15, 0.2) is 5.72 Å². The van der Waals surface area contributed by atoms with Crippen LogP contribution in [-0.2, 0) is 5.72 Å². The average molecular weight is 209 g/mol. The molecule has 1 unspecified atom stereocenters. The molecule has 82 valence electrons. The minimum absolute atomic E-state index is 0.431. The zero-order valence-corrected chi connectivity index (χ0v) is 8.68. The van der Waals surface area contributed by atoms with Gasteiger partial charge in [-0.1, -0.05) is 19.4 Å². The third-order valence-corrected chi connectivity index (χ3v) is 2.26. The van der Waals surface area contributed by atoms with Crippen molar-refractivity contribution in [3.05, 3.63) is 35.0 Å². The Balaban J connectivity index is 2.85. The van der Waals surface area contributed by atoms with Crippen LogP contribution in [0.4, 0.5) is 0 Å². The molecule has 15 heavy (non-hydrogen) atoms. The highest BCUT2D eigenvalue weighted by Crippen LogP contribution is 2.23. The highest BCUT2D eigenvalue weighted by Gasteiger charge is 2.28. The first-order chi connectivity index (χ1) is 7.23. The SMILES string of the molecule is CCCCC(O)(NN=O)c1cccnc1. The Morgan fingerprint density at radius 2 is 2.47 bits per heavy atom. The second-order valence-corrected chi connectivity index (χ2v) is 3.41. The fourth-order valence-corrected chi connectivity index (χ4v) is 1.38. The lowest BCUT2D eigenvalue weighted by Crippen LogP contribution is -2.38. The van der Waals surface area contributed by atoms with Gasteiger partial charge in [-0.15, -0.1) is 4.91 Å². The van der Waals surface area contributed by atoms with Gasteiger partial charge in [-0.2, -0.15) is 0 Å². The van der Waals surface area contributed by atoms with E-state index in [9.17, 15) is 10.0 Å². The summed E-state index contributed by atoms with van der Waals surface area (Å²) in [6.45, 7) is 2.01. The quantitative estimate of drug-likeness (QED) is 0.424. The number of unbranched alkanes of at least 4 members (excludes halogenated alkanes) is 1. The van der Waals surface area contributed by atoms with Gasteiger partial charge in [0, 0.05) is 24.4 Å². The van der Waals surface area contributed by atoms with Crippen molar-refractivity contribution in [3.8, 4) is 0 Å². The number of nitroso groups, excluding NO2 is 1. The Labute approximate surface area is 88.5 Å². The Kier molecular flexibility index (Phi) is 4.17. The van der Waals surface area contributed by atoms with Gasteiger partial charge in [0.05, 0.1) is 5.29 Å². The molecule has 0 fully saturated rings. The monoisotopic (exact) mass is 209 g/mol. The maximum Gasteiger partial charge on any atom is 0.181 e. The second kappa shape index (κ2) is 5.41. The van der Waals surface area contributed by atoms with Crippen LogP contribution in [0.3, 0.4) is 0 Å². The Morgan fingerprint density at radius 3 is 3.00 bits per heavy atom. The highest BCUT2D eigenvalue weighted by atomic mass is 16.3. The van der Waals surface area contributed by atoms with E-state index in [-0.39, 0.29) is 0 Å². The molecule has 1 aromatic rings. The molecule has 0 aliphatic rings. The number of nitrogens with zero attached hydrogens (tertiary/aromatic N) is 2. The molecule has 0 aromatic carbocycles. The molecule has 0 saturated heterocycles. The molecule has 1 atom stereocenters. The molecule has 0 bridgehead atoms. The van der Waals surface area contributed by atoms with Crippen molar-refractivity contribution in [1.29, 1.82) is 0 Å². The van der Waals surface area contributed by atoms with E-state index in [1.165, 1.54) is 6.20 Å². The Morgan fingerprint density at radius 1 is 1.67 bits per heavy atom. The van der Waals surface area contributed by atoms with Crippen molar-refractivity contribution in [2.45, 2.75) is 31.9 Å². The topological polar surface area (TPSA) is 74.6 Å². The van der Waals surface area contributed by atoms with Crippen LogP contribution in [-0.4, -0.2) is 10.1 Å². The van der Waals surface area contributed by atoms with Gasteiger partial charge in [0.1, 0.15) is 0 Å². The standard InChI is InChI=1S/C10H15N3O2/c1-2-3-6-10(14,12-13-15)9-5-4-7-11-8-9/h4-5,7-8,14H,2-3,6H2,1H3,(H,12,15). The zero-order valence-electron chi connectivity index (χ0n) is 8.68. The predicted molar refractivity (Wildman–Crippen MR) is 56.6 cm³/mol. The van der Waals surface area contributed by atoms with E-state index in [1.807, 2.05) is 6.92 Å². The third-order valence-electron chi connectivity index (χ3n) is 2.26. The van der Waals surface area contributed by atoms with Gasteiger partial charge in [0.25, 0.3) is 0 Å². The summed E-state index contributed by atoms with van der Waals surface area (Å²) < 4.78 is 0. The van der Waals surface area contributed by atoms with Crippen molar-refractivity contribution >= 4 is 0 Å². The van der Waals surface area contributed by atoms with Gasteiger partial charge in [-0.3, -0.25) is 4.98 Å². The van der Waals surface area contributed by atoms with Crippen LogP contribution >= 0.6 is 0 Å². The molecule has 1 heterocycles. The van der Waals surface area contributed by atoms with E-state index in [0.29, 0.717) is 12.0 Å². The molecule has 1 rings (SSSR count). The van der Waals surface area contributed by atoms with E-state index in [1.54, 1.807) is 18.3 Å². The molecule has 0 amide bonds. The van der Waals surface area contributed by atoms with E-state index >= 15 is 0 Å². The number of pyridine rings is 1. The maximum absolute atomic E-state index is 10.2. The minimum atomic E-state index is -1.40. The summed E-state index contributed by atoms with van der Waals surface area (Å²) in [5.41, 5.74) is 1.35. The number of nitrogens with one attached hydrogen (secondary N) is 1. The molecule has 0 saturated carbocycles. The van der Waals surface area contributed by atoms with Gasteiger partial charge in [-0.25, -0.2) is 5.43 Å². The third kappa shape index (κ3) is 2.99. The van der Waals surface area contributed by atoms with Crippen LogP contribution in [0.2, 0.25) is 0 Å². The molecule has 0 radical (unpaired) electrons. The van der Waals surface area contributed by atoms with Gasteiger partial charge in [0.2, 0.25) is 0 Å². The summed E-state index contributed by atoms with van der Waals surface area (Å²) >= 11 is 0. The molecule has 1 aromatic heterocycles. The maximum atomic E-state index is 10.2. The number of aliphatic hydroxyl groups is 1. The van der Waals surface area contributed by atoms with Crippen LogP contribution in [0.1, 0.15) is 31.7 Å². The molecule has 2 N–H and O–H groups in total. The first-order valence-electron chi connectivity index (χ1n) is 4.95. The number of hydrogen-bond donors (Lipinski definition) is 2. The van der Waals surface area contributed by atoms with Crippen molar-refractivity contribution in [2.75, 3.05) is 0 Å². The van der Waals surface area contributed by atoms with Gasteiger partial charge in [-0.05, 0) is 12.5 Å². The van der Waals surface area contributed by atoms with Crippen LogP contribution in [0.5, 0.6) is 0 Å². The lowest BCUT2D eigenvalue weighted by molar-refractivity contribution is -0.0102. The van der Waals surface area contributed by atoms with Crippen LogP contribution in [0.25, 0.3) is 0 Å². The summed E-state index contributed by atoms with van der Waals surface area (Å²) in [6, 6.07) is 3.42. The fourth-order valence-electron chi connectivity index (χ4n) is 1.38. The summed E-state index contributed by atoms with van der Waals surface area (Å²) in [5.74, 6) is 0. The lowest BCUT2D eigenvalue weighted by Gasteiger charge is -2.25. The second-order valence-electron chi connectivity index (χ2n) is 3.41. The van der Waals surface area contributed by atoms with Gasteiger partial charge >= 0.3 is 0 Å². The first kappa shape index (κ1) is 11.6. The summed E-state index contributed by atoms with van der Waals surface area (Å²) in [5, 5.41) is 12.7. The van der Waals surface area contributed by atoms with E-state index < -0.39 is 5.72 Å². The number of hydrogen-bond acceptors (Lipinski definition) is 4. The van der Waals surface area contributed by atoms with Crippen LogP contribution in [0.15, 0.2) is 29.8 Å². The first-order valence-corrected chi connectivity index (χ1v) is 4.95. The van der Waals surface area contributed by atoms with Crippen molar-refractivity contribution in [3.63, 3.8) is 0 Å². The van der Waals surface area contributed by atoms with Crippen molar-refractivity contribution in [2.24, 2.45) is 5.29 Å². The Hall–Kier alpha value is -1.49. The lowest BCUT2D eigenvalue weighted by atomic mass is 9.99. The Bertz CT molecular complexity index is 305. The van der Waals surface area contributed by atoms with Crippen LogP contribution in [0, 0.1) is 4.91 Å². The number of rotatable bonds is 6. The predicted octanol–water partition coefficient (Wildman–Crippen LogP) is 1.69. The fraction of sp³-hybridized carbons (Fsp3) is 0.500. The summed E-state index contributed by atoms with van der Waals surface area (Å²) in [6.07, 6.45) is 5.30. The van der Waals surface area contributed by atoms with E-state index in [2.05, 4.69) is 15.7 Å². The van der Waals surface area contributed by atoms with Crippen molar-refractivity contribution in [1.82, 2.24) is 10.4 Å².